The summed E-state index contributed by atoms with van der Waals surface area (Å²) in [7, 11) is 0. The first-order chi connectivity index (χ1) is 13.0. The van der Waals surface area contributed by atoms with Crippen LogP contribution < -0.4 is 5.32 Å². The number of anilines is 1. The molecule has 0 saturated heterocycles. The van der Waals surface area contributed by atoms with E-state index < -0.39 is 17.7 Å². The van der Waals surface area contributed by atoms with Gasteiger partial charge in [-0.15, -0.1) is 5.10 Å². The number of hydrogen-bond acceptors (Lipinski definition) is 6. The Morgan fingerprint density at radius 3 is 2.52 bits per heavy atom. The Balaban J connectivity index is 1.44. The SMILES string of the molecule is O=C(CN1C(=O)c2ccc(Br)cc2C1=O)Nc1ccc(-c2cnns2)cc1. The highest BCUT2D eigenvalue weighted by atomic mass is 79.9. The minimum atomic E-state index is -0.473. The summed E-state index contributed by atoms with van der Waals surface area (Å²) in [4.78, 5) is 39.0. The van der Waals surface area contributed by atoms with Gasteiger partial charge in [0.2, 0.25) is 5.91 Å². The third-order valence-corrected chi connectivity index (χ3v) is 5.26. The second kappa shape index (κ2) is 7.01. The fourth-order valence-electron chi connectivity index (χ4n) is 2.76. The molecule has 0 aliphatic carbocycles. The maximum absolute atomic E-state index is 12.4. The molecule has 2 heterocycles. The molecule has 0 radical (unpaired) electrons. The van der Waals surface area contributed by atoms with Crippen molar-refractivity contribution in [2.24, 2.45) is 0 Å². The highest BCUT2D eigenvalue weighted by Gasteiger charge is 2.36. The Morgan fingerprint density at radius 2 is 1.81 bits per heavy atom. The summed E-state index contributed by atoms with van der Waals surface area (Å²) in [5.74, 6) is -1.39. The van der Waals surface area contributed by atoms with Gasteiger partial charge in [-0.3, -0.25) is 19.3 Å². The lowest BCUT2D eigenvalue weighted by Gasteiger charge is -2.13. The zero-order valence-corrected chi connectivity index (χ0v) is 16.1. The van der Waals surface area contributed by atoms with Gasteiger partial charge >= 0.3 is 0 Å². The molecule has 7 nitrogen and oxygen atoms in total. The summed E-state index contributed by atoms with van der Waals surface area (Å²) >= 11 is 4.56. The monoisotopic (exact) mass is 442 g/mol. The van der Waals surface area contributed by atoms with E-state index in [-0.39, 0.29) is 6.54 Å². The number of hydrogen-bond donors (Lipinski definition) is 1. The third kappa shape index (κ3) is 3.38. The Morgan fingerprint density at radius 1 is 1.07 bits per heavy atom. The van der Waals surface area contributed by atoms with Crippen LogP contribution in [0.25, 0.3) is 10.4 Å². The molecule has 0 unspecified atom stereocenters. The van der Waals surface area contributed by atoms with Crippen LogP contribution in [0.2, 0.25) is 0 Å². The van der Waals surface area contributed by atoms with E-state index in [1.165, 1.54) is 11.5 Å². The molecule has 0 saturated carbocycles. The van der Waals surface area contributed by atoms with Crippen molar-refractivity contribution in [3.63, 3.8) is 0 Å². The van der Waals surface area contributed by atoms with Crippen LogP contribution in [0.4, 0.5) is 5.69 Å². The molecule has 0 bridgehead atoms. The average Bonchev–Trinajstić information content (AvgIpc) is 3.26. The molecule has 27 heavy (non-hydrogen) atoms. The van der Waals surface area contributed by atoms with Gasteiger partial charge in [0.1, 0.15) is 6.54 Å². The van der Waals surface area contributed by atoms with Gasteiger partial charge in [-0.25, -0.2) is 0 Å². The molecule has 0 atom stereocenters. The van der Waals surface area contributed by atoms with Crippen LogP contribution in [-0.2, 0) is 4.79 Å². The van der Waals surface area contributed by atoms with E-state index in [0.717, 1.165) is 15.3 Å². The van der Waals surface area contributed by atoms with Gasteiger partial charge in [-0.2, -0.15) is 0 Å². The van der Waals surface area contributed by atoms with Crippen molar-refractivity contribution in [2.75, 3.05) is 11.9 Å². The molecule has 1 aliphatic rings. The van der Waals surface area contributed by atoms with Crippen LogP contribution in [0.3, 0.4) is 0 Å². The predicted molar refractivity (Wildman–Crippen MR) is 103 cm³/mol. The van der Waals surface area contributed by atoms with E-state index in [9.17, 15) is 14.4 Å². The second-order valence-electron chi connectivity index (χ2n) is 5.79. The molecule has 3 amide bonds. The first kappa shape index (κ1) is 17.5. The summed E-state index contributed by atoms with van der Waals surface area (Å²) in [6.45, 7) is -0.343. The number of benzene rings is 2. The molecular weight excluding hydrogens is 432 g/mol. The number of aromatic nitrogens is 2. The van der Waals surface area contributed by atoms with E-state index in [1.54, 1.807) is 36.5 Å². The largest absolute Gasteiger partial charge is 0.325 e. The van der Waals surface area contributed by atoms with E-state index >= 15 is 0 Å². The van der Waals surface area contributed by atoms with Gasteiger partial charge in [0.25, 0.3) is 11.8 Å². The van der Waals surface area contributed by atoms with Gasteiger partial charge in [-0.05, 0) is 47.4 Å². The molecular formula is C18H11BrN4O3S. The third-order valence-electron chi connectivity index (χ3n) is 4.05. The van der Waals surface area contributed by atoms with E-state index in [1.807, 2.05) is 12.1 Å². The molecule has 1 aliphatic heterocycles. The minimum Gasteiger partial charge on any atom is -0.325 e. The molecule has 4 rings (SSSR count). The number of fused-ring (bicyclic) bond motifs is 1. The van der Waals surface area contributed by atoms with Crippen molar-refractivity contribution in [1.82, 2.24) is 14.5 Å². The van der Waals surface area contributed by atoms with Gasteiger partial charge in [-0.1, -0.05) is 32.6 Å². The molecule has 9 heteroatoms. The molecule has 0 fully saturated rings. The number of rotatable bonds is 4. The molecule has 2 aromatic carbocycles. The summed E-state index contributed by atoms with van der Waals surface area (Å²) < 4.78 is 4.51. The molecule has 1 N–H and O–H groups in total. The lowest BCUT2D eigenvalue weighted by Crippen LogP contribution is -2.37. The van der Waals surface area contributed by atoms with Crippen LogP contribution in [-0.4, -0.2) is 38.8 Å². The zero-order valence-electron chi connectivity index (χ0n) is 13.7. The summed E-state index contributed by atoms with van der Waals surface area (Å²) in [6.07, 6.45) is 1.67. The van der Waals surface area contributed by atoms with Crippen LogP contribution in [0, 0.1) is 0 Å². The lowest BCUT2D eigenvalue weighted by atomic mass is 10.1. The minimum absolute atomic E-state index is 0.296. The molecule has 0 spiro atoms. The van der Waals surface area contributed by atoms with Gasteiger partial charge in [0, 0.05) is 10.2 Å². The smallest absolute Gasteiger partial charge is 0.262 e. The summed E-state index contributed by atoms with van der Waals surface area (Å²) in [5.41, 5.74) is 2.11. The number of carbonyl (C=O) groups excluding carboxylic acids is 3. The predicted octanol–water partition coefficient (Wildman–Crippen LogP) is 3.20. The quantitative estimate of drug-likeness (QED) is 0.626. The number of imide groups is 1. The van der Waals surface area contributed by atoms with Gasteiger partial charge in [0.15, 0.2) is 0 Å². The number of halogens is 1. The van der Waals surface area contributed by atoms with Crippen molar-refractivity contribution in [3.8, 4) is 10.4 Å². The Labute approximate surface area is 166 Å². The van der Waals surface area contributed by atoms with Crippen LogP contribution >= 0.6 is 27.5 Å². The van der Waals surface area contributed by atoms with Crippen LogP contribution in [0.5, 0.6) is 0 Å². The maximum atomic E-state index is 12.4. The fourth-order valence-corrected chi connectivity index (χ4v) is 3.64. The maximum Gasteiger partial charge on any atom is 0.262 e. The Hall–Kier alpha value is -2.91. The van der Waals surface area contributed by atoms with Crippen molar-refractivity contribution in [3.05, 3.63) is 64.3 Å². The number of nitrogens with one attached hydrogen (secondary N) is 1. The Kier molecular flexibility index (Phi) is 4.54. The molecule has 134 valence electrons. The second-order valence-corrected chi connectivity index (χ2v) is 7.50. The zero-order chi connectivity index (χ0) is 19.0. The first-order valence-electron chi connectivity index (χ1n) is 7.86. The van der Waals surface area contributed by atoms with Gasteiger partial charge in [0.05, 0.1) is 22.2 Å². The molecule has 3 aromatic rings. The van der Waals surface area contributed by atoms with E-state index in [0.29, 0.717) is 21.3 Å². The Bertz CT molecular complexity index is 1050. The number of carbonyl (C=O) groups is 3. The van der Waals surface area contributed by atoms with Crippen molar-refractivity contribution >= 4 is 50.9 Å². The summed E-state index contributed by atoms with van der Waals surface area (Å²) in [5, 5.41) is 6.49. The number of nitrogens with zero attached hydrogens (tertiary/aromatic N) is 3. The van der Waals surface area contributed by atoms with Crippen molar-refractivity contribution in [2.45, 2.75) is 0 Å². The normalized spacial score (nSPS) is 13.0. The highest BCUT2D eigenvalue weighted by Crippen LogP contribution is 2.26. The van der Waals surface area contributed by atoms with Crippen LogP contribution in [0.1, 0.15) is 20.7 Å². The van der Waals surface area contributed by atoms with Crippen molar-refractivity contribution < 1.29 is 14.4 Å². The van der Waals surface area contributed by atoms with E-state index in [2.05, 4.69) is 30.8 Å². The highest BCUT2D eigenvalue weighted by molar-refractivity contribution is 9.10. The standard InChI is InChI=1S/C18H11BrN4O3S/c19-11-3-6-13-14(7-11)18(26)23(17(13)25)9-16(24)21-12-4-1-10(2-5-12)15-8-20-22-27-15/h1-8H,9H2,(H,21,24). The van der Waals surface area contributed by atoms with Crippen molar-refractivity contribution in [1.29, 1.82) is 0 Å². The first-order valence-corrected chi connectivity index (χ1v) is 9.43. The van der Waals surface area contributed by atoms with Gasteiger partial charge < -0.3 is 5.32 Å². The van der Waals surface area contributed by atoms with E-state index in [4.69, 9.17) is 0 Å². The fraction of sp³-hybridized carbons (Fsp3) is 0.0556. The molecule has 1 aromatic heterocycles. The topological polar surface area (TPSA) is 92.3 Å². The average molecular weight is 443 g/mol. The number of amides is 3. The van der Waals surface area contributed by atoms with Crippen LogP contribution in [0.15, 0.2) is 53.1 Å². The summed E-state index contributed by atoms with van der Waals surface area (Å²) in [6, 6.07) is 12.0. The lowest BCUT2D eigenvalue weighted by molar-refractivity contribution is -0.116.